The quantitative estimate of drug-likeness (QED) is 0.811. The molecule has 2 aromatic rings. The molecule has 0 aliphatic rings. The van der Waals surface area contributed by atoms with Gasteiger partial charge in [-0.15, -0.1) is 11.3 Å². The minimum atomic E-state index is 0.265. The molecule has 15 heavy (non-hydrogen) atoms. The van der Waals surface area contributed by atoms with E-state index in [4.69, 9.17) is 16.7 Å². The minimum absolute atomic E-state index is 0.265. The number of benzene rings is 1. The lowest BCUT2D eigenvalue weighted by molar-refractivity contribution is 0.475. The smallest absolute Gasteiger partial charge is 0.183 e. The lowest BCUT2D eigenvalue weighted by Crippen LogP contribution is -1.96. The predicted octanol–water partition coefficient (Wildman–Crippen LogP) is 3.11. The fourth-order valence-corrected chi connectivity index (χ4v) is 2.05. The highest BCUT2D eigenvalue weighted by molar-refractivity contribution is 7.15. The molecule has 0 bridgehead atoms. The summed E-state index contributed by atoms with van der Waals surface area (Å²) in [5, 5.41) is 12.3. The van der Waals surface area contributed by atoms with E-state index in [1.165, 1.54) is 11.3 Å². The highest BCUT2D eigenvalue weighted by Gasteiger charge is 1.99. The van der Waals surface area contributed by atoms with Crippen LogP contribution in [0.25, 0.3) is 0 Å². The summed E-state index contributed by atoms with van der Waals surface area (Å²) >= 11 is 7.16. The predicted molar refractivity (Wildman–Crippen MR) is 62.6 cm³/mol. The van der Waals surface area contributed by atoms with E-state index in [1.54, 1.807) is 18.3 Å². The Labute approximate surface area is 96.4 Å². The molecule has 0 atom stereocenters. The Bertz CT molecular complexity index is 441. The van der Waals surface area contributed by atoms with Crippen molar-refractivity contribution in [3.8, 4) is 5.75 Å². The fourth-order valence-electron chi connectivity index (χ4n) is 1.13. The fraction of sp³-hybridized carbons (Fsp3) is 0.100. The van der Waals surface area contributed by atoms with E-state index < -0.39 is 0 Å². The normalized spacial score (nSPS) is 10.2. The van der Waals surface area contributed by atoms with Crippen LogP contribution in [0, 0.1) is 0 Å². The van der Waals surface area contributed by atoms with Crippen LogP contribution in [0.15, 0.2) is 30.5 Å². The van der Waals surface area contributed by atoms with Gasteiger partial charge in [-0.25, -0.2) is 4.98 Å². The van der Waals surface area contributed by atoms with Crippen molar-refractivity contribution in [2.24, 2.45) is 0 Å². The zero-order chi connectivity index (χ0) is 10.7. The lowest BCUT2D eigenvalue weighted by atomic mass is 10.3. The lowest BCUT2D eigenvalue weighted by Gasteiger charge is -2.03. The van der Waals surface area contributed by atoms with E-state index in [1.807, 2.05) is 12.1 Å². The minimum Gasteiger partial charge on any atom is -0.508 e. The van der Waals surface area contributed by atoms with Crippen LogP contribution in [0.3, 0.4) is 0 Å². The Hall–Kier alpha value is -1.26. The molecule has 1 heterocycles. The van der Waals surface area contributed by atoms with Crippen molar-refractivity contribution in [1.29, 1.82) is 0 Å². The highest BCUT2D eigenvalue weighted by Crippen LogP contribution is 2.19. The second-order valence-corrected chi connectivity index (χ2v) is 4.68. The van der Waals surface area contributed by atoms with Gasteiger partial charge in [-0.1, -0.05) is 11.6 Å². The van der Waals surface area contributed by atoms with Crippen molar-refractivity contribution >= 4 is 28.6 Å². The van der Waals surface area contributed by atoms with E-state index >= 15 is 0 Å². The van der Waals surface area contributed by atoms with Crippen LogP contribution in [0.4, 0.5) is 5.69 Å². The van der Waals surface area contributed by atoms with E-state index in [2.05, 4.69) is 10.3 Å². The number of nitrogens with zero attached hydrogens (tertiary/aromatic N) is 1. The SMILES string of the molecule is Oc1ccc(NCc2cnc(Cl)s2)cc1. The molecule has 0 aliphatic carbocycles. The largest absolute Gasteiger partial charge is 0.508 e. The maximum Gasteiger partial charge on any atom is 0.183 e. The molecule has 0 aliphatic heterocycles. The van der Waals surface area contributed by atoms with E-state index in [9.17, 15) is 0 Å². The maximum absolute atomic E-state index is 9.09. The monoisotopic (exact) mass is 240 g/mol. The second-order valence-electron chi connectivity index (χ2n) is 2.98. The van der Waals surface area contributed by atoms with Gasteiger partial charge in [0.15, 0.2) is 4.47 Å². The Kier molecular flexibility index (Phi) is 3.08. The van der Waals surface area contributed by atoms with Gasteiger partial charge in [0, 0.05) is 16.8 Å². The number of phenolic OH excluding ortho intramolecular Hbond substituents is 1. The van der Waals surface area contributed by atoms with Crippen LogP contribution in [-0.2, 0) is 6.54 Å². The second kappa shape index (κ2) is 4.51. The average Bonchev–Trinajstić information content (AvgIpc) is 2.64. The van der Waals surface area contributed by atoms with Gasteiger partial charge in [0.2, 0.25) is 0 Å². The van der Waals surface area contributed by atoms with Crippen molar-refractivity contribution < 1.29 is 5.11 Å². The van der Waals surface area contributed by atoms with E-state index in [-0.39, 0.29) is 5.75 Å². The van der Waals surface area contributed by atoms with E-state index in [0.29, 0.717) is 11.0 Å². The van der Waals surface area contributed by atoms with Crippen LogP contribution >= 0.6 is 22.9 Å². The molecule has 1 aromatic heterocycles. The molecule has 0 spiro atoms. The number of rotatable bonds is 3. The Morgan fingerprint density at radius 2 is 2.07 bits per heavy atom. The summed E-state index contributed by atoms with van der Waals surface area (Å²) in [5.74, 6) is 0.265. The number of anilines is 1. The average molecular weight is 241 g/mol. The molecular formula is C10H9ClN2OS. The van der Waals surface area contributed by atoms with Crippen LogP contribution in [0.1, 0.15) is 4.88 Å². The van der Waals surface area contributed by atoms with Gasteiger partial charge in [-0.05, 0) is 24.3 Å². The number of phenols is 1. The zero-order valence-electron chi connectivity index (χ0n) is 7.77. The Morgan fingerprint density at radius 3 is 2.67 bits per heavy atom. The number of halogens is 1. The molecule has 0 fully saturated rings. The summed E-state index contributed by atoms with van der Waals surface area (Å²) < 4.78 is 0.553. The molecule has 0 amide bonds. The van der Waals surface area contributed by atoms with Crippen molar-refractivity contribution in [3.05, 3.63) is 39.8 Å². The molecule has 1 aromatic carbocycles. The molecule has 2 N–H and O–H groups in total. The summed E-state index contributed by atoms with van der Waals surface area (Å²) in [6, 6.07) is 6.92. The van der Waals surface area contributed by atoms with Gasteiger partial charge in [-0.2, -0.15) is 0 Å². The van der Waals surface area contributed by atoms with Gasteiger partial charge in [0.1, 0.15) is 5.75 Å². The standard InChI is InChI=1S/C10H9ClN2OS/c11-10-13-6-9(15-10)5-12-7-1-3-8(14)4-2-7/h1-4,6,12,14H,5H2. The van der Waals surface area contributed by atoms with Gasteiger partial charge in [0.25, 0.3) is 0 Å². The van der Waals surface area contributed by atoms with E-state index in [0.717, 1.165) is 10.6 Å². The molecule has 0 saturated carbocycles. The van der Waals surface area contributed by atoms with Crippen LogP contribution in [-0.4, -0.2) is 10.1 Å². The van der Waals surface area contributed by atoms with Crippen molar-refractivity contribution in [1.82, 2.24) is 4.98 Å². The first-order valence-corrected chi connectivity index (χ1v) is 5.56. The van der Waals surface area contributed by atoms with Crippen molar-refractivity contribution in [3.63, 3.8) is 0 Å². The number of thiazole rings is 1. The van der Waals surface area contributed by atoms with Crippen molar-refractivity contribution in [2.75, 3.05) is 5.32 Å². The number of hydrogen-bond acceptors (Lipinski definition) is 4. The molecule has 5 heteroatoms. The van der Waals surface area contributed by atoms with Gasteiger partial charge < -0.3 is 10.4 Å². The summed E-state index contributed by atoms with van der Waals surface area (Å²) in [6.07, 6.45) is 1.75. The number of nitrogens with one attached hydrogen (secondary N) is 1. The van der Waals surface area contributed by atoms with Crippen molar-refractivity contribution in [2.45, 2.75) is 6.54 Å². The molecular weight excluding hydrogens is 232 g/mol. The molecule has 0 radical (unpaired) electrons. The highest BCUT2D eigenvalue weighted by atomic mass is 35.5. The molecule has 0 saturated heterocycles. The Balaban J connectivity index is 1.96. The summed E-state index contributed by atoms with van der Waals surface area (Å²) in [6.45, 7) is 0.690. The molecule has 3 nitrogen and oxygen atoms in total. The number of aromatic nitrogens is 1. The van der Waals surface area contributed by atoms with Gasteiger partial charge in [-0.3, -0.25) is 0 Å². The molecule has 78 valence electrons. The van der Waals surface area contributed by atoms with Gasteiger partial charge in [0.05, 0.1) is 6.54 Å². The zero-order valence-corrected chi connectivity index (χ0v) is 9.35. The molecule has 0 unspecified atom stereocenters. The van der Waals surface area contributed by atoms with Crippen LogP contribution in [0.5, 0.6) is 5.75 Å². The first kappa shape index (κ1) is 10.3. The molecule has 2 rings (SSSR count). The van der Waals surface area contributed by atoms with Gasteiger partial charge >= 0.3 is 0 Å². The Morgan fingerprint density at radius 1 is 1.33 bits per heavy atom. The number of hydrogen-bond donors (Lipinski definition) is 2. The first-order valence-electron chi connectivity index (χ1n) is 4.37. The summed E-state index contributed by atoms with van der Waals surface area (Å²) in [7, 11) is 0. The number of aromatic hydroxyl groups is 1. The van der Waals surface area contributed by atoms with Crippen LogP contribution in [0.2, 0.25) is 4.47 Å². The summed E-state index contributed by atoms with van der Waals surface area (Å²) in [4.78, 5) is 5.02. The van der Waals surface area contributed by atoms with Crippen LogP contribution < -0.4 is 5.32 Å². The summed E-state index contributed by atoms with van der Waals surface area (Å²) in [5.41, 5.74) is 0.956. The third-order valence-electron chi connectivity index (χ3n) is 1.86. The first-order chi connectivity index (χ1) is 7.24. The topological polar surface area (TPSA) is 45.1 Å². The maximum atomic E-state index is 9.09. The third-order valence-corrected chi connectivity index (χ3v) is 2.97. The third kappa shape index (κ3) is 2.84.